The first-order valence-electron chi connectivity index (χ1n) is 13.3. The maximum atomic E-state index is 14.1. The summed E-state index contributed by atoms with van der Waals surface area (Å²) in [6.45, 7) is 8.02. The molecule has 41 heavy (non-hydrogen) atoms. The number of ether oxygens (including phenoxy) is 3. The SMILES string of the molecule is CCOC(=O)C1=C[C@@]2(SC=C(C(=O)OCC)S2)C2=C(S1)C(C)(C)N(C(=O)Cc1ccccc1)c1ccc(OC)cc12. The number of amides is 1. The van der Waals surface area contributed by atoms with Crippen molar-refractivity contribution in [2.24, 2.45) is 0 Å². The largest absolute Gasteiger partial charge is 0.497 e. The number of methoxy groups -OCH3 is 1. The standard InChI is InChI=1S/C31H31NO6S3/c1-6-37-28(34)23-17-31(39-18-24(41-31)29(35)38-7-2)26-21-16-20(36-5)13-14-22(21)32(30(3,4)27(26)40-23)25(33)15-19-11-9-8-10-12-19/h8-14,16-18H,6-7,15H2,1-5H3/t31-/m0/s1. The Morgan fingerprint density at radius 1 is 0.927 bits per heavy atom. The summed E-state index contributed by atoms with van der Waals surface area (Å²) in [5.74, 6) is -0.284. The van der Waals surface area contributed by atoms with Crippen LogP contribution >= 0.6 is 35.3 Å². The molecule has 0 aromatic heterocycles. The molecule has 5 rings (SSSR count). The number of nitrogens with zero attached hydrogens (tertiary/aromatic N) is 1. The minimum Gasteiger partial charge on any atom is -0.497 e. The molecule has 3 aliphatic heterocycles. The van der Waals surface area contributed by atoms with Gasteiger partial charge in [-0.2, -0.15) is 0 Å². The molecule has 3 aliphatic rings. The van der Waals surface area contributed by atoms with Crippen molar-refractivity contribution in [1.82, 2.24) is 0 Å². The Bertz CT molecular complexity index is 1500. The van der Waals surface area contributed by atoms with E-state index in [-0.39, 0.29) is 25.5 Å². The molecule has 2 aromatic carbocycles. The molecule has 3 heterocycles. The maximum Gasteiger partial charge on any atom is 0.345 e. The minimum absolute atomic E-state index is 0.0712. The van der Waals surface area contributed by atoms with Crippen LogP contribution in [0.5, 0.6) is 5.75 Å². The Morgan fingerprint density at radius 3 is 2.27 bits per heavy atom. The molecule has 1 spiro atoms. The molecule has 0 unspecified atom stereocenters. The fourth-order valence-electron chi connectivity index (χ4n) is 5.19. The second-order valence-corrected chi connectivity index (χ2v) is 13.7. The van der Waals surface area contributed by atoms with Crippen molar-refractivity contribution in [3.05, 3.63) is 85.9 Å². The number of rotatable bonds is 7. The number of esters is 2. The number of fused-ring (bicyclic) bond motifs is 3. The van der Waals surface area contributed by atoms with Crippen LogP contribution in [-0.4, -0.2) is 47.8 Å². The molecule has 10 heteroatoms. The number of hydrogen-bond donors (Lipinski definition) is 0. The molecule has 2 aromatic rings. The highest BCUT2D eigenvalue weighted by Crippen LogP contribution is 2.66. The van der Waals surface area contributed by atoms with Gasteiger partial charge in [0.15, 0.2) is 0 Å². The van der Waals surface area contributed by atoms with E-state index in [1.165, 1.54) is 35.3 Å². The fourth-order valence-corrected chi connectivity index (χ4v) is 9.58. The molecular weight excluding hydrogens is 579 g/mol. The van der Waals surface area contributed by atoms with E-state index in [0.29, 0.717) is 15.6 Å². The lowest BCUT2D eigenvalue weighted by Crippen LogP contribution is -2.53. The van der Waals surface area contributed by atoms with Crippen molar-refractivity contribution in [3.8, 4) is 5.75 Å². The highest BCUT2D eigenvalue weighted by Gasteiger charge is 2.54. The number of hydrogen-bond acceptors (Lipinski definition) is 9. The Labute approximate surface area is 252 Å². The Hall–Kier alpha value is -3.08. The smallest absolute Gasteiger partial charge is 0.345 e. The van der Waals surface area contributed by atoms with Crippen LogP contribution in [0.1, 0.15) is 38.8 Å². The quantitative estimate of drug-likeness (QED) is 0.325. The van der Waals surface area contributed by atoms with Gasteiger partial charge in [0, 0.05) is 16.0 Å². The number of anilines is 1. The lowest BCUT2D eigenvalue weighted by Gasteiger charge is -2.49. The van der Waals surface area contributed by atoms with Gasteiger partial charge >= 0.3 is 11.9 Å². The van der Waals surface area contributed by atoms with Crippen LogP contribution in [0.25, 0.3) is 5.57 Å². The van der Waals surface area contributed by atoms with Gasteiger partial charge in [0.2, 0.25) is 5.91 Å². The summed E-state index contributed by atoms with van der Waals surface area (Å²) in [6, 6.07) is 15.3. The van der Waals surface area contributed by atoms with Crippen LogP contribution in [-0.2, 0) is 30.3 Å². The third-order valence-corrected chi connectivity index (χ3v) is 11.2. The Balaban J connectivity index is 1.69. The molecule has 0 saturated heterocycles. The van der Waals surface area contributed by atoms with Crippen molar-refractivity contribution in [1.29, 1.82) is 0 Å². The highest BCUT2D eigenvalue weighted by atomic mass is 32.2. The zero-order valence-corrected chi connectivity index (χ0v) is 26.0. The van der Waals surface area contributed by atoms with E-state index in [0.717, 1.165) is 27.3 Å². The highest BCUT2D eigenvalue weighted by molar-refractivity contribution is 8.25. The molecule has 7 nitrogen and oxygen atoms in total. The van der Waals surface area contributed by atoms with Crippen molar-refractivity contribution < 1.29 is 28.6 Å². The predicted octanol–water partition coefficient (Wildman–Crippen LogP) is 6.55. The first-order chi connectivity index (χ1) is 19.6. The topological polar surface area (TPSA) is 82.1 Å². The average molecular weight is 610 g/mol. The van der Waals surface area contributed by atoms with E-state index in [1.807, 2.05) is 73.4 Å². The van der Waals surface area contributed by atoms with E-state index in [2.05, 4.69) is 0 Å². The zero-order valence-electron chi connectivity index (χ0n) is 23.5. The van der Waals surface area contributed by atoms with E-state index in [1.54, 1.807) is 26.4 Å². The fraction of sp³-hybridized carbons (Fsp3) is 0.323. The van der Waals surface area contributed by atoms with Crippen LogP contribution in [0, 0.1) is 0 Å². The van der Waals surface area contributed by atoms with Gasteiger partial charge in [0.1, 0.15) is 14.7 Å². The zero-order chi connectivity index (χ0) is 29.4. The Kier molecular flexibility index (Phi) is 8.36. The van der Waals surface area contributed by atoms with Crippen LogP contribution in [0.4, 0.5) is 5.69 Å². The van der Waals surface area contributed by atoms with Crippen LogP contribution in [0.2, 0.25) is 0 Å². The summed E-state index contributed by atoms with van der Waals surface area (Å²) in [4.78, 5) is 43.6. The summed E-state index contributed by atoms with van der Waals surface area (Å²) in [5, 5.41) is 1.79. The summed E-state index contributed by atoms with van der Waals surface area (Å²) < 4.78 is 15.5. The van der Waals surface area contributed by atoms with Gasteiger partial charge in [0.05, 0.1) is 42.9 Å². The number of carbonyl (C=O) groups is 3. The molecule has 0 N–H and O–H groups in total. The van der Waals surface area contributed by atoms with E-state index < -0.39 is 21.6 Å². The van der Waals surface area contributed by atoms with Gasteiger partial charge in [-0.3, -0.25) is 4.79 Å². The predicted molar refractivity (Wildman–Crippen MR) is 167 cm³/mol. The second-order valence-electron chi connectivity index (χ2n) is 9.96. The van der Waals surface area contributed by atoms with Crippen molar-refractivity contribution >= 4 is 64.4 Å². The molecule has 0 bridgehead atoms. The lowest BCUT2D eigenvalue weighted by atomic mass is 9.84. The van der Waals surface area contributed by atoms with E-state index >= 15 is 0 Å². The van der Waals surface area contributed by atoms with Crippen LogP contribution in [0.15, 0.2) is 74.7 Å². The van der Waals surface area contributed by atoms with Crippen molar-refractivity contribution in [3.63, 3.8) is 0 Å². The van der Waals surface area contributed by atoms with E-state index in [4.69, 9.17) is 14.2 Å². The first kappa shape index (κ1) is 29.4. The third kappa shape index (κ3) is 5.33. The average Bonchev–Trinajstić information content (AvgIpc) is 3.37. The van der Waals surface area contributed by atoms with E-state index in [9.17, 15) is 14.4 Å². The Morgan fingerprint density at radius 2 is 1.61 bits per heavy atom. The summed E-state index contributed by atoms with van der Waals surface area (Å²) in [7, 11) is 1.60. The molecule has 0 saturated carbocycles. The van der Waals surface area contributed by atoms with Crippen LogP contribution in [0.3, 0.4) is 0 Å². The molecule has 1 atom stereocenters. The minimum atomic E-state index is -0.863. The first-order valence-corrected chi connectivity index (χ1v) is 15.8. The molecule has 0 aliphatic carbocycles. The number of carbonyl (C=O) groups excluding carboxylic acids is 3. The molecule has 214 valence electrons. The second kappa shape index (κ2) is 11.7. The third-order valence-electron chi connectivity index (χ3n) is 6.94. The number of benzene rings is 2. The monoisotopic (exact) mass is 609 g/mol. The number of thioether (sulfide) groups is 3. The van der Waals surface area contributed by atoms with Gasteiger partial charge in [-0.1, -0.05) is 53.9 Å². The van der Waals surface area contributed by atoms with Gasteiger partial charge in [-0.25, -0.2) is 9.59 Å². The normalized spacial score (nSPS) is 20.6. The van der Waals surface area contributed by atoms with Gasteiger partial charge in [-0.15, -0.1) is 11.8 Å². The molecular formula is C31H31NO6S3. The molecule has 0 fully saturated rings. The maximum absolute atomic E-state index is 14.1. The summed E-state index contributed by atoms with van der Waals surface area (Å²) in [6.07, 6.45) is 2.10. The summed E-state index contributed by atoms with van der Waals surface area (Å²) >= 11 is 4.11. The van der Waals surface area contributed by atoms with Crippen molar-refractivity contribution in [2.75, 3.05) is 25.2 Å². The molecule has 0 radical (unpaired) electrons. The molecule has 1 amide bonds. The van der Waals surface area contributed by atoms with Gasteiger partial charge in [0.25, 0.3) is 0 Å². The van der Waals surface area contributed by atoms with Gasteiger partial charge in [-0.05, 0) is 62.9 Å². The summed E-state index contributed by atoms with van der Waals surface area (Å²) in [5.41, 5.74) is 2.55. The lowest BCUT2D eigenvalue weighted by molar-refractivity contribution is -0.138. The van der Waals surface area contributed by atoms with Crippen molar-refractivity contribution in [2.45, 2.75) is 43.7 Å². The van der Waals surface area contributed by atoms with Gasteiger partial charge < -0.3 is 19.1 Å². The van der Waals surface area contributed by atoms with Crippen LogP contribution < -0.4 is 9.64 Å².